The van der Waals surface area contributed by atoms with E-state index in [2.05, 4.69) is 10.6 Å². The van der Waals surface area contributed by atoms with Crippen LogP contribution in [0.1, 0.15) is 52.9 Å². The molecule has 1 saturated heterocycles. The molecule has 0 unspecified atom stereocenters. The van der Waals surface area contributed by atoms with Gasteiger partial charge in [-0.05, 0) is 19.3 Å². The van der Waals surface area contributed by atoms with E-state index in [0.717, 1.165) is 0 Å². The van der Waals surface area contributed by atoms with Crippen molar-refractivity contribution < 1.29 is 19.2 Å². The number of nitrogens with zero attached hydrogens (tertiary/aromatic N) is 1. The minimum Gasteiger partial charge on any atom is -0.359 e. The number of unbranched alkanes of at least 4 members (excludes halogenated alkanes) is 1. The molecule has 0 aromatic rings. The Balaban J connectivity index is 2.58. The maximum absolute atomic E-state index is 12.5. The average Bonchev–Trinajstić information content (AvgIpc) is 2.62. The van der Waals surface area contributed by atoms with Crippen molar-refractivity contribution in [3.63, 3.8) is 0 Å². The lowest BCUT2D eigenvalue weighted by Crippen LogP contribution is -2.51. The van der Waals surface area contributed by atoms with Crippen molar-refractivity contribution in [2.75, 3.05) is 27.2 Å². The van der Waals surface area contributed by atoms with Crippen LogP contribution in [0.25, 0.3) is 0 Å². The molecule has 0 aromatic carbocycles. The summed E-state index contributed by atoms with van der Waals surface area (Å²) in [5.74, 6) is -0.901. The summed E-state index contributed by atoms with van der Waals surface area (Å²) in [6.07, 6.45) is 2.56. The van der Waals surface area contributed by atoms with E-state index in [4.69, 9.17) is 0 Å². The fourth-order valence-corrected chi connectivity index (χ4v) is 3.19. The summed E-state index contributed by atoms with van der Waals surface area (Å²) < 4.78 is 0. The molecule has 0 aromatic heterocycles. The van der Waals surface area contributed by atoms with Crippen LogP contribution in [0, 0.1) is 17.3 Å². The first-order chi connectivity index (χ1) is 12.1. The summed E-state index contributed by atoms with van der Waals surface area (Å²) >= 11 is 0. The molecule has 7 nitrogen and oxygen atoms in total. The zero-order valence-corrected chi connectivity index (χ0v) is 16.7. The molecule has 0 spiro atoms. The first-order valence-electron chi connectivity index (χ1n) is 9.34. The molecule has 0 bridgehead atoms. The molecular weight excluding hydrogens is 334 g/mol. The number of rotatable bonds is 7. The van der Waals surface area contributed by atoms with Crippen LogP contribution in [-0.2, 0) is 19.2 Å². The highest BCUT2D eigenvalue weighted by Crippen LogP contribution is 2.24. The minimum atomic E-state index is -0.373. The second-order valence-corrected chi connectivity index (χ2v) is 8.04. The van der Waals surface area contributed by atoms with Crippen molar-refractivity contribution in [1.82, 2.24) is 15.5 Å². The molecule has 0 radical (unpaired) electrons. The van der Waals surface area contributed by atoms with Gasteiger partial charge >= 0.3 is 0 Å². The van der Waals surface area contributed by atoms with E-state index in [9.17, 15) is 19.2 Å². The zero-order valence-electron chi connectivity index (χ0n) is 16.7. The van der Waals surface area contributed by atoms with Crippen LogP contribution in [-0.4, -0.2) is 55.6 Å². The Morgan fingerprint density at radius 2 is 1.35 bits per heavy atom. The third-order valence-corrected chi connectivity index (χ3v) is 4.92. The van der Waals surface area contributed by atoms with Crippen LogP contribution in [0.5, 0.6) is 0 Å². The molecule has 26 heavy (non-hydrogen) atoms. The van der Waals surface area contributed by atoms with Crippen LogP contribution in [0.3, 0.4) is 0 Å². The van der Waals surface area contributed by atoms with Gasteiger partial charge in [-0.3, -0.25) is 19.2 Å². The van der Waals surface area contributed by atoms with Crippen LogP contribution < -0.4 is 10.6 Å². The van der Waals surface area contributed by atoms with Gasteiger partial charge in [0.1, 0.15) is 5.78 Å². The summed E-state index contributed by atoms with van der Waals surface area (Å²) in [6, 6.07) is 0. The maximum atomic E-state index is 12.5. The Hall–Kier alpha value is -1.92. The van der Waals surface area contributed by atoms with Gasteiger partial charge in [0.15, 0.2) is 0 Å². The van der Waals surface area contributed by atoms with Crippen molar-refractivity contribution in [3.05, 3.63) is 0 Å². The lowest BCUT2D eigenvalue weighted by atomic mass is 9.87. The van der Waals surface area contributed by atoms with Crippen LogP contribution >= 0.6 is 0 Å². The van der Waals surface area contributed by atoms with E-state index in [-0.39, 0.29) is 40.8 Å². The number of Topliss-reactive ketones (excluding diaryl/α,β-unsaturated/α-hetero) is 1. The SMILES string of the molecule is CNC(=O)[C@@H]1C[C@H](C(=O)NC)CN(C(=O)CCCCC(=O)C(C)(C)C)C1. The molecular formula is C19H33N3O4. The number of hydrogen-bond acceptors (Lipinski definition) is 4. The highest BCUT2D eigenvalue weighted by molar-refractivity contribution is 5.85. The summed E-state index contributed by atoms with van der Waals surface area (Å²) in [5, 5.41) is 5.21. The highest BCUT2D eigenvalue weighted by atomic mass is 16.2. The second-order valence-electron chi connectivity index (χ2n) is 8.04. The van der Waals surface area contributed by atoms with Crippen LogP contribution in [0.15, 0.2) is 0 Å². The molecule has 1 fully saturated rings. The molecule has 0 aliphatic carbocycles. The summed E-state index contributed by atoms with van der Waals surface area (Å²) in [7, 11) is 3.12. The number of nitrogens with one attached hydrogen (secondary N) is 2. The normalized spacial score (nSPS) is 20.4. The van der Waals surface area contributed by atoms with Gasteiger partial charge in [-0.25, -0.2) is 0 Å². The average molecular weight is 367 g/mol. The minimum absolute atomic E-state index is 0.0595. The largest absolute Gasteiger partial charge is 0.359 e. The van der Waals surface area contributed by atoms with Gasteiger partial charge < -0.3 is 15.5 Å². The number of piperidine rings is 1. The van der Waals surface area contributed by atoms with E-state index in [1.54, 1.807) is 19.0 Å². The number of amides is 3. The second kappa shape index (κ2) is 9.69. The van der Waals surface area contributed by atoms with Gasteiger partial charge in [0.25, 0.3) is 0 Å². The van der Waals surface area contributed by atoms with Gasteiger partial charge in [0, 0.05) is 45.4 Å². The third-order valence-electron chi connectivity index (χ3n) is 4.92. The Labute approximate surface area is 156 Å². The van der Waals surface area contributed by atoms with Crippen molar-refractivity contribution in [2.45, 2.75) is 52.9 Å². The van der Waals surface area contributed by atoms with Crippen LogP contribution in [0.2, 0.25) is 0 Å². The molecule has 148 valence electrons. The van der Waals surface area contributed by atoms with Gasteiger partial charge in [-0.2, -0.15) is 0 Å². The maximum Gasteiger partial charge on any atom is 0.224 e. The number of carbonyl (C=O) groups is 4. The topological polar surface area (TPSA) is 95.6 Å². The van der Waals surface area contributed by atoms with Crippen molar-refractivity contribution in [2.24, 2.45) is 17.3 Å². The Morgan fingerprint density at radius 3 is 1.77 bits per heavy atom. The first kappa shape index (κ1) is 22.1. The Bertz CT molecular complexity index is 515. The van der Waals surface area contributed by atoms with E-state index in [0.29, 0.717) is 45.2 Å². The van der Waals surface area contributed by atoms with E-state index in [1.165, 1.54) is 0 Å². The third kappa shape index (κ3) is 6.42. The van der Waals surface area contributed by atoms with E-state index < -0.39 is 0 Å². The molecule has 2 atom stereocenters. The first-order valence-corrected chi connectivity index (χ1v) is 9.34. The number of ketones is 1. The quantitative estimate of drug-likeness (QED) is 0.659. The Kier molecular flexibility index (Phi) is 8.24. The van der Waals surface area contributed by atoms with E-state index in [1.807, 2.05) is 20.8 Å². The number of carbonyl (C=O) groups excluding carboxylic acids is 4. The number of hydrogen-bond donors (Lipinski definition) is 2. The molecule has 1 rings (SSSR count). The van der Waals surface area contributed by atoms with Gasteiger partial charge in [-0.1, -0.05) is 20.8 Å². The highest BCUT2D eigenvalue weighted by Gasteiger charge is 2.36. The molecule has 1 aliphatic heterocycles. The van der Waals surface area contributed by atoms with Crippen LogP contribution in [0.4, 0.5) is 0 Å². The summed E-state index contributed by atoms with van der Waals surface area (Å²) in [4.78, 5) is 50.1. The lowest BCUT2D eigenvalue weighted by Gasteiger charge is -2.36. The predicted molar refractivity (Wildman–Crippen MR) is 99.2 cm³/mol. The van der Waals surface area contributed by atoms with Crippen molar-refractivity contribution >= 4 is 23.5 Å². The fourth-order valence-electron chi connectivity index (χ4n) is 3.19. The monoisotopic (exact) mass is 367 g/mol. The number of likely N-dealkylation sites (tertiary alicyclic amines) is 1. The molecule has 3 amide bonds. The van der Waals surface area contributed by atoms with Gasteiger partial charge in [0.05, 0.1) is 11.8 Å². The van der Waals surface area contributed by atoms with Crippen molar-refractivity contribution in [1.29, 1.82) is 0 Å². The zero-order chi connectivity index (χ0) is 19.9. The molecule has 1 heterocycles. The summed E-state index contributed by atoms with van der Waals surface area (Å²) in [5.41, 5.74) is -0.349. The Morgan fingerprint density at radius 1 is 0.885 bits per heavy atom. The smallest absolute Gasteiger partial charge is 0.224 e. The fraction of sp³-hybridized carbons (Fsp3) is 0.789. The van der Waals surface area contributed by atoms with Crippen molar-refractivity contribution in [3.8, 4) is 0 Å². The molecule has 1 aliphatic rings. The van der Waals surface area contributed by atoms with Gasteiger partial charge in [0.2, 0.25) is 17.7 Å². The lowest BCUT2D eigenvalue weighted by molar-refractivity contribution is -0.140. The molecule has 7 heteroatoms. The molecule has 2 N–H and O–H groups in total. The standard InChI is InChI=1S/C19H33N3O4/c1-19(2,3)15(23)8-6-7-9-16(24)22-11-13(17(25)20-4)10-14(12-22)18(26)21-5/h13-14H,6-12H2,1-5H3,(H,20,25)(H,21,26)/t13-,14+. The van der Waals surface area contributed by atoms with E-state index >= 15 is 0 Å². The molecule has 0 saturated carbocycles. The van der Waals surface area contributed by atoms with Gasteiger partial charge in [-0.15, -0.1) is 0 Å². The summed E-state index contributed by atoms with van der Waals surface area (Å²) in [6.45, 7) is 6.37. The predicted octanol–water partition coefficient (Wildman–Crippen LogP) is 1.12.